The highest BCUT2D eigenvalue weighted by atomic mass is 16.7. The number of aryl methyl sites for hydroxylation is 1. The van der Waals surface area contributed by atoms with Gasteiger partial charge in [-0.2, -0.15) is 0 Å². The van der Waals surface area contributed by atoms with Crippen LogP contribution >= 0.6 is 0 Å². The molecule has 0 saturated carbocycles. The lowest BCUT2D eigenvalue weighted by Crippen LogP contribution is -2.82. The van der Waals surface area contributed by atoms with Gasteiger partial charge in [0.25, 0.3) is 0 Å². The molecule has 0 spiro atoms. The molecule has 0 aromatic heterocycles. The zero-order valence-corrected chi connectivity index (χ0v) is 11.5. The molecule has 0 aliphatic heterocycles. The second-order valence-corrected chi connectivity index (χ2v) is 4.48. The average Bonchev–Trinajstić information content (AvgIpc) is 2.47. The Morgan fingerprint density at radius 2 is 1.80 bits per heavy atom. The number of carbonyl (C=O) groups is 1. The van der Waals surface area contributed by atoms with E-state index in [0.29, 0.717) is 6.54 Å². The summed E-state index contributed by atoms with van der Waals surface area (Å²) in [5.41, 5.74) is 4.79. The van der Waals surface area contributed by atoms with Crippen LogP contribution in [0.1, 0.15) is 16.7 Å². The minimum atomic E-state index is -0.357. The van der Waals surface area contributed by atoms with E-state index in [1.54, 1.807) is 6.08 Å². The fourth-order valence-corrected chi connectivity index (χ4v) is 1.81. The summed E-state index contributed by atoms with van der Waals surface area (Å²) in [6.07, 6.45) is 3.22. The molecule has 0 aliphatic rings. The summed E-state index contributed by atoms with van der Waals surface area (Å²) in [5, 5.41) is 0. The smallest absolute Gasteiger partial charge is 0.0843 e. The van der Waals surface area contributed by atoms with Gasteiger partial charge in [0.1, 0.15) is 6.08 Å². The molecule has 0 aliphatic carbocycles. The highest BCUT2D eigenvalue weighted by Gasteiger charge is 2.15. The summed E-state index contributed by atoms with van der Waals surface area (Å²) in [4.78, 5) is 16.6. The molecule has 2 aromatic carbocycles. The Bertz CT molecular complexity index is 591. The van der Waals surface area contributed by atoms with E-state index in [-0.39, 0.29) is 5.97 Å². The maximum Gasteiger partial charge on any atom is 0.662 e. The molecule has 0 unspecified atom stereocenters. The van der Waals surface area contributed by atoms with Gasteiger partial charge in [0.2, 0.25) is 0 Å². The molecule has 0 saturated heterocycles. The number of carbonyl (C=O) groups excluding carboxylic acids is 1. The third-order valence-corrected chi connectivity index (χ3v) is 2.95. The Balaban J connectivity index is 1.80. The second-order valence-electron chi connectivity index (χ2n) is 4.48. The van der Waals surface area contributed by atoms with E-state index in [2.05, 4.69) is 0 Å². The van der Waals surface area contributed by atoms with Crippen molar-refractivity contribution in [1.82, 2.24) is 0 Å². The highest BCUT2D eigenvalue weighted by molar-refractivity contribution is 5.86. The number of benzene rings is 2. The van der Waals surface area contributed by atoms with Crippen molar-refractivity contribution < 1.29 is 15.1 Å². The van der Waals surface area contributed by atoms with Crippen molar-refractivity contribution in [2.24, 2.45) is 0 Å². The Kier molecular flexibility index (Phi) is 5.09. The summed E-state index contributed by atoms with van der Waals surface area (Å²) < 4.78 is 0. The molecule has 0 atom stereocenters. The molecule has 0 amide bonds. The van der Waals surface area contributed by atoms with Crippen LogP contribution in [0.15, 0.2) is 60.7 Å². The molecule has 0 bridgehead atoms. The van der Waals surface area contributed by atoms with Crippen molar-refractivity contribution in [2.75, 3.05) is 0 Å². The molecule has 3 heteroatoms. The fourth-order valence-electron chi connectivity index (χ4n) is 1.81. The van der Waals surface area contributed by atoms with Gasteiger partial charge in [0, 0.05) is 5.56 Å². The SMILES string of the molecule is Cc1ccccc1/C=C/C(=[O+])O[NH2+]Cc1ccccc1. The lowest BCUT2D eigenvalue weighted by Gasteiger charge is -1.96. The summed E-state index contributed by atoms with van der Waals surface area (Å²) >= 11 is 0. The zero-order valence-electron chi connectivity index (χ0n) is 11.5. The number of rotatable bonds is 5. The largest absolute Gasteiger partial charge is 0.662 e. The second kappa shape index (κ2) is 7.26. The summed E-state index contributed by atoms with van der Waals surface area (Å²) in [6.45, 7) is 2.62. The molecule has 0 heterocycles. The lowest BCUT2D eigenvalue weighted by molar-refractivity contribution is -0.884. The minimum Gasteiger partial charge on any atom is -0.0843 e. The molecule has 20 heavy (non-hydrogen) atoms. The van der Waals surface area contributed by atoms with Crippen LogP contribution in [0.5, 0.6) is 0 Å². The van der Waals surface area contributed by atoms with Crippen LogP contribution in [0.3, 0.4) is 0 Å². The molecule has 3 nitrogen and oxygen atoms in total. The van der Waals surface area contributed by atoms with Crippen molar-refractivity contribution in [2.45, 2.75) is 13.5 Å². The number of nitrogens with two attached hydrogens (primary N) is 1. The van der Waals surface area contributed by atoms with Crippen LogP contribution in [-0.2, 0) is 16.2 Å². The molecule has 2 N–H and O–H groups in total. The van der Waals surface area contributed by atoms with Gasteiger partial charge in [-0.25, -0.2) is 0 Å². The first-order valence-electron chi connectivity index (χ1n) is 6.55. The molecule has 2 aromatic rings. The van der Waals surface area contributed by atoms with Crippen molar-refractivity contribution >= 4 is 12.0 Å². The van der Waals surface area contributed by atoms with Gasteiger partial charge in [-0.1, -0.05) is 64.9 Å². The Morgan fingerprint density at radius 1 is 1.10 bits per heavy atom. The van der Waals surface area contributed by atoms with Gasteiger partial charge in [0.15, 0.2) is 6.54 Å². The Labute approximate surface area is 118 Å². The van der Waals surface area contributed by atoms with Crippen LogP contribution in [-0.4, -0.2) is 5.97 Å². The van der Waals surface area contributed by atoms with Gasteiger partial charge in [-0.15, -0.1) is 0 Å². The maximum absolute atomic E-state index is 11.6. The third kappa shape index (κ3) is 4.37. The van der Waals surface area contributed by atoms with E-state index < -0.39 is 0 Å². The summed E-state index contributed by atoms with van der Waals surface area (Å²) in [5.74, 6) is -0.357. The van der Waals surface area contributed by atoms with Crippen molar-refractivity contribution in [1.29, 1.82) is 0 Å². The standard InChI is InChI=1S/C17H17NO2/c1-14-7-5-6-10-16(14)11-12-17(19)20-18-13-15-8-3-2-4-9-15/h2-12,18H,13H2,1H3/q+1/p+1/b12-11+. The lowest BCUT2D eigenvalue weighted by atomic mass is 10.1. The molecular formula is C17H18NO2+2. The van der Waals surface area contributed by atoms with Gasteiger partial charge in [-0.05, 0) is 24.1 Å². The quantitative estimate of drug-likeness (QED) is 0.513. The van der Waals surface area contributed by atoms with Crippen LogP contribution < -0.4 is 5.48 Å². The zero-order chi connectivity index (χ0) is 14.2. The topological polar surface area (TPSA) is 45.7 Å². The predicted octanol–water partition coefficient (Wildman–Crippen LogP) is 2.23. The van der Waals surface area contributed by atoms with E-state index in [1.165, 1.54) is 11.6 Å². The van der Waals surface area contributed by atoms with Crippen molar-refractivity contribution in [3.05, 3.63) is 77.4 Å². The molecule has 2 rings (SSSR count). The summed E-state index contributed by atoms with van der Waals surface area (Å²) in [6, 6.07) is 17.8. The molecular weight excluding hydrogens is 250 g/mol. The average molecular weight is 268 g/mol. The Hall–Kier alpha value is -2.39. The van der Waals surface area contributed by atoms with Gasteiger partial charge >= 0.3 is 5.97 Å². The van der Waals surface area contributed by atoms with E-state index in [9.17, 15) is 4.79 Å². The minimum absolute atomic E-state index is 0.357. The first-order chi connectivity index (χ1) is 9.75. The first kappa shape index (κ1) is 14.0. The summed E-state index contributed by atoms with van der Waals surface area (Å²) in [7, 11) is 0. The predicted molar refractivity (Wildman–Crippen MR) is 78.4 cm³/mol. The number of hydroxylamine groups is 1. The normalized spacial score (nSPS) is 10.7. The van der Waals surface area contributed by atoms with E-state index in [0.717, 1.165) is 16.7 Å². The molecule has 1 radical (unpaired) electrons. The first-order valence-corrected chi connectivity index (χ1v) is 6.55. The van der Waals surface area contributed by atoms with E-state index in [4.69, 9.17) is 4.84 Å². The third-order valence-electron chi connectivity index (χ3n) is 2.95. The van der Waals surface area contributed by atoms with Gasteiger partial charge in [0.05, 0.1) is 4.79 Å². The molecule has 0 fully saturated rings. The van der Waals surface area contributed by atoms with Crippen LogP contribution in [0.25, 0.3) is 6.08 Å². The highest BCUT2D eigenvalue weighted by Crippen LogP contribution is 2.08. The van der Waals surface area contributed by atoms with Crippen LogP contribution in [0.4, 0.5) is 0 Å². The fraction of sp³-hybridized carbons (Fsp3) is 0.118. The number of hydrogen-bond donors (Lipinski definition) is 1. The number of hydrogen-bond acceptors (Lipinski definition) is 2. The monoisotopic (exact) mass is 268 g/mol. The van der Waals surface area contributed by atoms with E-state index >= 15 is 0 Å². The van der Waals surface area contributed by atoms with Gasteiger partial charge < -0.3 is 0 Å². The van der Waals surface area contributed by atoms with Crippen LogP contribution in [0.2, 0.25) is 0 Å². The van der Waals surface area contributed by atoms with Crippen LogP contribution in [0, 0.1) is 6.92 Å². The van der Waals surface area contributed by atoms with Crippen molar-refractivity contribution in [3.8, 4) is 0 Å². The number of quaternary nitrogens is 1. The van der Waals surface area contributed by atoms with Gasteiger partial charge in [-0.3, -0.25) is 0 Å². The maximum atomic E-state index is 11.6. The Morgan fingerprint density at radius 3 is 2.55 bits per heavy atom. The van der Waals surface area contributed by atoms with Crippen molar-refractivity contribution in [3.63, 3.8) is 0 Å². The molecule has 101 valence electrons. The van der Waals surface area contributed by atoms with E-state index in [1.807, 2.05) is 61.5 Å².